The summed E-state index contributed by atoms with van der Waals surface area (Å²) in [4.78, 5) is 0. The summed E-state index contributed by atoms with van der Waals surface area (Å²) in [6.45, 7) is 1.77. The third kappa shape index (κ3) is 3.04. The van der Waals surface area contributed by atoms with Crippen molar-refractivity contribution in [2.45, 2.75) is 6.92 Å². The van der Waals surface area contributed by atoms with Crippen LogP contribution in [0.1, 0.15) is 11.1 Å². The molecule has 0 saturated heterocycles. The van der Waals surface area contributed by atoms with Crippen molar-refractivity contribution < 1.29 is 22.0 Å². The Morgan fingerprint density at radius 2 is 1.50 bits per heavy atom. The van der Waals surface area contributed by atoms with E-state index >= 15 is 0 Å². The van der Waals surface area contributed by atoms with Crippen molar-refractivity contribution in [3.63, 3.8) is 0 Å². The van der Waals surface area contributed by atoms with E-state index in [0.29, 0.717) is 16.9 Å². The SMILES string of the molecule is Cc1ccc(N/N=C/c2c(F)c(F)c(F)c(F)c2F)cc1Cl. The molecular weight excluding hydrogens is 327 g/mol. The molecule has 2 nitrogen and oxygen atoms in total. The van der Waals surface area contributed by atoms with Gasteiger partial charge in [0.15, 0.2) is 23.3 Å². The Hall–Kier alpha value is -2.15. The van der Waals surface area contributed by atoms with Crippen molar-refractivity contribution in [3.05, 3.63) is 63.4 Å². The summed E-state index contributed by atoms with van der Waals surface area (Å²) in [5, 5.41) is 3.87. The van der Waals surface area contributed by atoms with E-state index in [2.05, 4.69) is 10.5 Å². The number of aryl methyl sites for hydroxylation is 1. The number of rotatable bonds is 3. The van der Waals surface area contributed by atoms with E-state index in [1.165, 1.54) is 6.07 Å². The van der Waals surface area contributed by atoms with E-state index in [0.717, 1.165) is 5.56 Å². The zero-order chi connectivity index (χ0) is 16.4. The lowest BCUT2D eigenvalue weighted by molar-refractivity contribution is 0.377. The molecule has 8 heteroatoms. The minimum Gasteiger partial charge on any atom is -0.278 e. The zero-order valence-corrected chi connectivity index (χ0v) is 11.8. The normalized spacial score (nSPS) is 11.2. The topological polar surface area (TPSA) is 24.4 Å². The Bertz CT molecular complexity index is 732. The molecule has 2 aromatic rings. The van der Waals surface area contributed by atoms with Gasteiger partial charge in [-0.25, -0.2) is 22.0 Å². The highest BCUT2D eigenvalue weighted by molar-refractivity contribution is 6.31. The van der Waals surface area contributed by atoms with Gasteiger partial charge in [-0.2, -0.15) is 5.10 Å². The molecule has 0 aliphatic heterocycles. The number of anilines is 1. The van der Waals surface area contributed by atoms with Crippen LogP contribution in [0.15, 0.2) is 23.3 Å². The van der Waals surface area contributed by atoms with Gasteiger partial charge in [-0.1, -0.05) is 17.7 Å². The average molecular weight is 335 g/mol. The molecule has 0 atom stereocenters. The first-order valence-corrected chi connectivity index (χ1v) is 6.27. The standard InChI is InChI=1S/C14H8ClF5N2/c1-6-2-3-7(4-9(6)15)22-21-5-8-10(16)12(18)14(20)13(19)11(8)17/h2-5,22H,1H3/b21-5+. The maximum atomic E-state index is 13.4. The van der Waals surface area contributed by atoms with Crippen LogP contribution < -0.4 is 5.43 Å². The molecule has 0 heterocycles. The van der Waals surface area contributed by atoms with Gasteiger partial charge in [-0.3, -0.25) is 5.43 Å². The predicted molar refractivity (Wildman–Crippen MR) is 73.6 cm³/mol. The summed E-state index contributed by atoms with van der Waals surface area (Å²) in [7, 11) is 0. The summed E-state index contributed by atoms with van der Waals surface area (Å²) in [5.74, 6) is -10.2. The second kappa shape index (κ2) is 6.31. The largest absolute Gasteiger partial charge is 0.278 e. The first-order valence-electron chi connectivity index (χ1n) is 5.89. The maximum Gasteiger partial charge on any atom is 0.200 e. The fourth-order valence-corrected chi connectivity index (χ4v) is 1.75. The van der Waals surface area contributed by atoms with Crippen molar-refractivity contribution in [2.75, 3.05) is 5.43 Å². The first kappa shape index (κ1) is 16.2. The summed E-state index contributed by atoms with van der Waals surface area (Å²) < 4.78 is 65.6. The van der Waals surface area contributed by atoms with E-state index in [9.17, 15) is 22.0 Å². The summed E-state index contributed by atoms with van der Waals surface area (Å²) >= 11 is 5.87. The molecule has 2 rings (SSSR count). The molecule has 0 aliphatic carbocycles. The molecule has 0 spiro atoms. The molecule has 22 heavy (non-hydrogen) atoms. The highest BCUT2D eigenvalue weighted by atomic mass is 35.5. The van der Waals surface area contributed by atoms with Crippen LogP contribution >= 0.6 is 11.6 Å². The van der Waals surface area contributed by atoms with Crippen molar-refractivity contribution in [3.8, 4) is 0 Å². The molecule has 0 unspecified atom stereocenters. The number of benzene rings is 2. The molecule has 1 N–H and O–H groups in total. The van der Waals surface area contributed by atoms with Crippen LogP contribution in [0.2, 0.25) is 5.02 Å². The van der Waals surface area contributed by atoms with Gasteiger partial charge in [-0.05, 0) is 24.6 Å². The van der Waals surface area contributed by atoms with Crippen LogP contribution in [-0.4, -0.2) is 6.21 Å². The molecule has 0 aromatic heterocycles. The van der Waals surface area contributed by atoms with Crippen LogP contribution in [0.3, 0.4) is 0 Å². The number of hydrogen-bond acceptors (Lipinski definition) is 2. The van der Waals surface area contributed by atoms with Crippen LogP contribution in [0.25, 0.3) is 0 Å². The van der Waals surface area contributed by atoms with Crippen molar-refractivity contribution in [2.24, 2.45) is 5.10 Å². The number of hydrazone groups is 1. The van der Waals surface area contributed by atoms with Gasteiger partial charge in [-0.15, -0.1) is 0 Å². The highest BCUT2D eigenvalue weighted by Gasteiger charge is 2.24. The van der Waals surface area contributed by atoms with Crippen LogP contribution in [0.5, 0.6) is 0 Å². The highest BCUT2D eigenvalue weighted by Crippen LogP contribution is 2.22. The zero-order valence-electron chi connectivity index (χ0n) is 11.0. The van der Waals surface area contributed by atoms with E-state index in [1.54, 1.807) is 19.1 Å². The van der Waals surface area contributed by atoms with Gasteiger partial charge in [0.1, 0.15) is 0 Å². The molecule has 0 fully saturated rings. The number of nitrogens with one attached hydrogen (secondary N) is 1. The summed E-state index contributed by atoms with van der Waals surface area (Å²) in [6.07, 6.45) is 0.504. The van der Waals surface area contributed by atoms with Crippen LogP contribution in [0, 0.1) is 36.0 Å². The molecule has 116 valence electrons. The quantitative estimate of drug-likeness (QED) is 0.282. The number of halogens is 6. The van der Waals surface area contributed by atoms with Gasteiger partial charge >= 0.3 is 0 Å². The molecule has 0 amide bonds. The lowest BCUT2D eigenvalue weighted by Crippen LogP contribution is -2.07. The smallest absolute Gasteiger partial charge is 0.200 e. The van der Waals surface area contributed by atoms with E-state index < -0.39 is 34.6 Å². The molecule has 2 aromatic carbocycles. The van der Waals surface area contributed by atoms with E-state index in [4.69, 9.17) is 11.6 Å². The molecule has 0 saturated carbocycles. The maximum absolute atomic E-state index is 13.4. The third-order valence-electron chi connectivity index (χ3n) is 2.80. The monoisotopic (exact) mass is 334 g/mol. The van der Waals surface area contributed by atoms with E-state index in [-0.39, 0.29) is 0 Å². The Morgan fingerprint density at radius 1 is 0.955 bits per heavy atom. The number of nitrogens with zero attached hydrogens (tertiary/aromatic N) is 1. The van der Waals surface area contributed by atoms with Gasteiger partial charge in [0.25, 0.3) is 0 Å². The molecular formula is C14H8ClF5N2. The predicted octanol–water partition coefficient (Wildman–Crippen LogP) is 4.79. The Morgan fingerprint density at radius 3 is 2.05 bits per heavy atom. The average Bonchev–Trinajstić information content (AvgIpc) is 2.50. The lowest BCUT2D eigenvalue weighted by Gasteiger charge is -2.05. The number of hydrogen-bond donors (Lipinski definition) is 1. The molecule has 0 aliphatic rings. The molecule has 0 radical (unpaired) electrons. The van der Waals surface area contributed by atoms with Gasteiger partial charge in [0, 0.05) is 5.02 Å². The first-order chi connectivity index (χ1) is 10.3. The summed E-state index contributed by atoms with van der Waals surface area (Å²) in [5.41, 5.74) is 2.43. The van der Waals surface area contributed by atoms with Crippen LogP contribution in [-0.2, 0) is 0 Å². The Balaban J connectivity index is 2.29. The third-order valence-corrected chi connectivity index (χ3v) is 3.21. The molecule has 0 bridgehead atoms. The van der Waals surface area contributed by atoms with Crippen LogP contribution in [0.4, 0.5) is 27.6 Å². The fraction of sp³-hybridized carbons (Fsp3) is 0.0714. The van der Waals surface area contributed by atoms with Crippen molar-refractivity contribution in [1.82, 2.24) is 0 Å². The van der Waals surface area contributed by atoms with Gasteiger partial charge in [0.2, 0.25) is 5.82 Å². The summed E-state index contributed by atoms with van der Waals surface area (Å²) in [6, 6.07) is 4.74. The van der Waals surface area contributed by atoms with Gasteiger partial charge in [0.05, 0.1) is 17.5 Å². The second-order valence-corrected chi connectivity index (χ2v) is 4.72. The fourth-order valence-electron chi connectivity index (χ4n) is 1.57. The van der Waals surface area contributed by atoms with Gasteiger partial charge < -0.3 is 0 Å². The van der Waals surface area contributed by atoms with Crippen molar-refractivity contribution in [1.29, 1.82) is 0 Å². The second-order valence-electron chi connectivity index (χ2n) is 4.32. The minimum atomic E-state index is -2.22. The Kier molecular flexibility index (Phi) is 4.65. The van der Waals surface area contributed by atoms with E-state index in [1.807, 2.05) is 0 Å². The Labute approximate surface area is 127 Å². The van der Waals surface area contributed by atoms with Crippen molar-refractivity contribution >= 4 is 23.5 Å². The minimum absolute atomic E-state index is 0.385. The lowest BCUT2D eigenvalue weighted by atomic mass is 10.2.